The van der Waals surface area contributed by atoms with Gasteiger partial charge in [0.15, 0.2) is 0 Å². The Kier molecular flexibility index (Phi) is 1.48. The Morgan fingerprint density at radius 1 is 1.50 bits per heavy atom. The van der Waals surface area contributed by atoms with E-state index in [1.54, 1.807) is 0 Å². The summed E-state index contributed by atoms with van der Waals surface area (Å²) < 4.78 is 0. The van der Waals surface area contributed by atoms with Crippen LogP contribution in [0.4, 0.5) is 0 Å². The number of carbonyl (C=O) groups excluding carboxylic acids is 1. The molecule has 0 aromatic heterocycles. The lowest BCUT2D eigenvalue weighted by atomic mass is 9.72. The molecule has 0 aromatic rings. The maximum atomic E-state index is 11.5. The number of ketones is 1. The Morgan fingerprint density at radius 3 is 2.83 bits per heavy atom. The fourth-order valence-corrected chi connectivity index (χ4v) is 2.70. The molecule has 0 radical (unpaired) electrons. The van der Waals surface area contributed by atoms with Gasteiger partial charge in [-0.1, -0.05) is 25.5 Å². The van der Waals surface area contributed by atoms with Crippen molar-refractivity contribution in [2.45, 2.75) is 33.6 Å². The molecule has 2 aliphatic rings. The van der Waals surface area contributed by atoms with E-state index in [2.05, 4.69) is 26.8 Å². The lowest BCUT2D eigenvalue weighted by Gasteiger charge is -2.32. The highest BCUT2D eigenvalue weighted by Gasteiger charge is 2.44. The second-order valence-electron chi connectivity index (χ2n) is 4.87. The van der Waals surface area contributed by atoms with E-state index in [9.17, 15) is 4.79 Å². The van der Waals surface area contributed by atoms with Crippen LogP contribution in [0.3, 0.4) is 0 Å². The third-order valence-corrected chi connectivity index (χ3v) is 3.56. The number of carbonyl (C=O) groups is 1. The third-order valence-electron chi connectivity index (χ3n) is 3.56. The number of Topliss-reactive ketones (excluding diaryl/α,β-unsaturated/α-hetero) is 1. The summed E-state index contributed by atoms with van der Waals surface area (Å²) in [4.78, 5) is 11.5. The van der Waals surface area contributed by atoms with Gasteiger partial charge in [0.05, 0.1) is 0 Å². The van der Waals surface area contributed by atoms with Gasteiger partial charge in [0.2, 0.25) is 0 Å². The van der Waals surface area contributed by atoms with E-state index in [1.165, 1.54) is 5.57 Å². The second kappa shape index (κ2) is 2.21. The lowest BCUT2D eigenvalue weighted by Crippen LogP contribution is -2.23. The Bertz CT molecular complexity index is 260. The van der Waals surface area contributed by atoms with Crippen molar-refractivity contribution in [2.24, 2.45) is 17.3 Å². The van der Waals surface area contributed by atoms with Crippen molar-refractivity contribution in [2.75, 3.05) is 0 Å². The van der Waals surface area contributed by atoms with Crippen LogP contribution in [0.1, 0.15) is 33.6 Å². The molecule has 2 bridgehead atoms. The quantitative estimate of drug-likeness (QED) is 0.503. The lowest BCUT2D eigenvalue weighted by molar-refractivity contribution is -0.119. The van der Waals surface area contributed by atoms with Crippen molar-refractivity contribution >= 4 is 5.78 Å². The molecule has 2 atom stereocenters. The molecule has 0 aliphatic heterocycles. The molecule has 1 heteroatoms. The van der Waals surface area contributed by atoms with Gasteiger partial charge >= 0.3 is 0 Å². The van der Waals surface area contributed by atoms with E-state index < -0.39 is 0 Å². The number of hydrogen-bond donors (Lipinski definition) is 0. The van der Waals surface area contributed by atoms with Crippen LogP contribution in [0.25, 0.3) is 0 Å². The van der Waals surface area contributed by atoms with Crippen molar-refractivity contribution < 1.29 is 4.79 Å². The zero-order chi connectivity index (χ0) is 8.93. The molecule has 0 spiro atoms. The SMILES string of the molecule is CC1=CC(C)(C)C2CC(=O)C1C2. The van der Waals surface area contributed by atoms with Crippen LogP contribution in [0.15, 0.2) is 11.6 Å². The third kappa shape index (κ3) is 0.954. The highest BCUT2D eigenvalue weighted by atomic mass is 16.1. The Balaban J connectivity index is 2.41. The number of hydrogen-bond acceptors (Lipinski definition) is 1. The predicted octanol–water partition coefficient (Wildman–Crippen LogP) is 2.57. The van der Waals surface area contributed by atoms with Crippen LogP contribution >= 0.6 is 0 Å². The summed E-state index contributed by atoms with van der Waals surface area (Å²) in [7, 11) is 0. The van der Waals surface area contributed by atoms with Crippen LogP contribution in [-0.4, -0.2) is 5.78 Å². The molecule has 1 saturated carbocycles. The van der Waals surface area contributed by atoms with Crippen LogP contribution in [-0.2, 0) is 4.79 Å². The van der Waals surface area contributed by atoms with Crippen LogP contribution in [0.5, 0.6) is 0 Å². The average Bonchev–Trinajstić information content (AvgIpc) is 2.26. The molecule has 1 nitrogen and oxygen atoms in total. The van der Waals surface area contributed by atoms with Crippen LogP contribution in [0, 0.1) is 17.3 Å². The molecule has 0 amide bonds. The van der Waals surface area contributed by atoms with Gasteiger partial charge in [0.1, 0.15) is 5.78 Å². The van der Waals surface area contributed by atoms with Gasteiger partial charge in [-0.2, -0.15) is 0 Å². The first-order valence-electron chi connectivity index (χ1n) is 4.73. The molecule has 66 valence electrons. The minimum atomic E-state index is 0.257. The van der Waals surface area contributed by atoms with E-state index in [-0.39, 0.29) is 11.3 Å². The van der Waals surface area contributed by atoms with Gasteiger partial charge in [-0.15, -0.1) is 0 Å². The molecule has 0 heterocycles. The molecule has 1 fully saturated rings. The molecule has 2 aliphatic carbocycles. The Hall–Kier alpha value is -0.590. The highest BCUT2D eigenvalue weighted by Crippen LogP contribution is 2.48. The summed E-state index contributed by atoms with van der Waals surface area (Å²) >= 11 is 0. The van der Waals surface area contributed by atoms with Crippen LogP contribution in [0.2, 0.25) is 0 Å². The molecule has 0 N–H and O–H groups in total. The summed E-state index contributed by atoms with van der Waals surface area (Å²) in [6.07, 6.45) is 4.22. The first-order valence-corrected chi connectivity index (χ1v) is 4.73. The van der Waals surface area contributed by atoms with Gasteiger partial charge < -0.3 is 0 Å². The van der Waals surface area contributed by atoms with Gasteiger partial charge in [-0.3, -0.25) is 4.79 Å². The molecule has 2 rings (SSSR count). The fourth-order valence-electron chi connectivity index (χ4n) is 2.70. The maximum absolute atomic E-state index is 11.5. The van der Waals surface area contributed by atoms with Crippen molar-refractivity contribution in [3.63, 3.8) is 0 Å². The van der Waals surface area contributed by atoms with Crippen molar-refractivity contribution in [1.82, 2.24) is 0 Å². The summed E-state index contributed by atoms with van der Waals surface area (Å²) in [6.45, 7) is 6.60. The zero-order valence-electron chi connectivity index (χ0n) is 8.05. The molecular weight excluding hydrogens is 148 g/mol. The maximum Gasteiger partial charge on any atom is 0.140 e. The number of fused-ring (bicyclic) bond motifs is 2. The van der Waals surface area contributed by atoms with Gasteiger partial charge in [-0.25, -0.2) is 0 Å². The highest BCUT2D eigenvalue weighted by molar-refractivity contribution is 5.86. The van der Waals surface area contributed by atoms with E-state index in [4.69, 9.17) is 0 Å². The number of rotatable bonds is 0. The van der Waals surface area contributed by atoms with Gasteiger partial charge in [-0.05, 0) is 24.7 Å². The molecule has 0 aromatic carbocycles. The average molecular weight is 164 g/mol. The summed E-state index contributed by atoms with van der Waals surface area (Å²) in [5.41, 5.74) is 1.56. The van der Waals surface area contributed by atoms with E-state index in [0.717, 1.165) is 12.8 Å². The van der Waals surface area contributed by atoms with Gasteiger partial charge in [0, 0.05) is 12.3 Å². The fraction of sp³-hybridized carbons (Fsp3) is 0.727. The minimum absolute atomic E-state index is 0.257. The topological polar surface area (TPSA) is 17.1 Å². The minimum Gasteiger partial charge on any atom is -0.299 e. The monoisotopic (exact) mass is 164 g/mol. The van der Waals surface area contributed by atoms with Crippen molar-refractivity contribution in [3.8, 4) is 0 Å². The van der Waals surface area contributed by atoms with Crippen molar-refractivity contribution in [1.29, 1.82) is 0 Å². The normalized spacial score (nSPS) is 38.2. The Labute approximate surface area is 73.8 Å². The molecule has 0 saturated heterocycles. The largest absolute Gasteiger partial charge is 0.299 e. The first kappa shape index (κ1) is 8.03. The Morgan fingerprint density at radius 2 is 2.17 bits per heavy atom. The summed E-state index contributed by atoms with van der Waals surface area (Å²) in [5.74, 6) is 1.36. The van der Waals surface area contributed by atoms with E-state index in [1.807, 2.05) is 0 Å². The zero-order valence-corrected chi connectivity index (χ0v) is 8.05. The molecular formula is C11H16O. The van der Waals surface area contributed by atoms with Crippen LogP contribution < -0.4 is 0 Å². The van der Waals surface area contributed by atoms with E-state index >= 15 is 0 Å². The summed E-state index contributed by atoms with van der Waals surface area (Å²) in [5, 5.41) is 0. The van der Waals surface area contributed by atoms with E-state index in [0.29, 0.717) is 11.7 Å². The predicted molar refractivity (Wildman–Crippen MR) is 48.8 cm³/mol. The van der Waals surface area contributed by atoms with Gasteiger partial charge in [0.25, 0.3) is 0 Å². The molecule has 2 unspecified atom stereocenters. The molecule has 12 heavy (non-hydrogen) atoms. The first-order chi connectivity index (χ1) is 5.50. The smallest absolute Gasteiger partial charge is 0.140 e. The second-order valence-corrected chi connectivity index (χ2v) is 4.87. The standard InChI is InChI=1S/C11H16O/c1-7-6-11(2,3)8-4-9(7)10(12)5-8/h6,8-9H,4-5H2,1-3H3. The van der Waals surface area contributed by atoms with Crippen molar-refractivity contribution in [3.05, 3.63) is 11.6 Å². The number of allylic oxidation sites excluding steroid dienone is 2. The summed E-state index contributed by atoms with van der Waals surface area (Å²) in [6, 6.07) is 0.